The topological polar surface area (TPSA) is 46.2 Å². The largest absolute Gasteiger partial charge is 0.240 e. The zero-order chi connectivity index (χ0) is 11.8. The van der Waals surface area contributed by atoms with Gasteiger partial charge in [-0.05, 0) is 44.7 Å². The smallest absolute Gasteiger partial charge is 0.208 e. The summed E-state index contributed by atoms with van der Waals surface area (Å²) < 4.78 is 26.7. The van der Waals surface area contributed by atoms with Crippen molar-refractivity contribution in [1.29, 1.82) is 0 Å². The van der Waals surface area contributed by atoms with Crippen LogP contribution in [0, 0.1) is 12.8 Å². The highest BCUT2D eigenvalue weighted by molar-refractivity contribution is 7.89. The first-order chi connectivity index (χ1) is 7.49. The maximum atomic E-state index is 12.0. The highest BCUT2D eigenvalue weighted by Crippen LogP contribution is 2.32. The van der Waals surface area contributed by atoms with Gasteiger partial charge in [0.1, 0.15) is 0 Å². The average Bonchev–Trinajstić information content (AvgIpc) is 3.00. The van der Waals surface area contributed by atoms with E-state index < -0.39 is 10.0 Å². The Labute approximate surface area is 96.9 Å². The van der Waals surface area contributed by atoms with Gasteiger partial charge in [-0.1, -0.05) is 17.7 Å². The van der Waals surface area contributed by atoms with E-state index in [4.69, 9.17) is 0 Å². The number of benzene rings is 1. The van der Waals surface area contributed by atoms with Crippen molar-refractivity contribution in [3.63, 3.8) is 0 Å². The number of aryl methyl sites for hydroxylation is 1. The summed E-state index contributed by atoms with van der Waals surface area (Å²) in [6, 6.07) is 6.98. The van der Waals surface area contributed by atoms with Crippen molar-refractivity contribution in [3.8, 4) is 0 Å². The van der Waals surface area contributed by atoms with Crippen LogP contribution in [-0.2, 0) is 10.0 Å². The Morgan fingerprint density at radius 3 is 2.31 bits per heavy atom. The molecule has 0 amide bonds. The summed E-state index contributed by atoms with van der Waals surface area (Å²) in [5, 5.41) is 0. The molecule has 4 heteroatoms. The summed E-state index contributed by atoms with van der Waals surface area (Å²) >= 11 is 0. The fraction of sp³-hybridized carbons (Fsp3) is 0.500. The van der Waals surface area contributed by atoms with Gasteiger partial charge in [0.15, 0.2) is 0 Å². The number of nitrogens with one attached hydrogen (secondary N) is 1. The van der Waals surface area contributed by atoms with Gasteiger partial charge in [-0.15, -0.1) is 0 Å². The van der Waals surface area contributed by atoms with Gasteiger partial charge >= 0.3 is 0 Å². The first kappa shape index (κ1) is 11.6. The van der Waals surface area contributed by atoms with E-state index >= 15 is 0 Å². The van der Waals surface area contributed by atoms with E-state index in [0.29, 0.717) is 10.8 Å². The molecule has 0 spiro atoms. The Kier molecular flexibility index (Phi) is 3.04. The number of rotatable bonds is 4. The Bertz CT molecular complexity index is 460. The van der Waals surface area contributed by atoms with E-state index in [1.165, 1.54) is 0 Å². The van der Waals surface area contributed by atoms with Gasteiger partial charge in [0.2, 0.25) is 10.0 Å². The van der Waals surface area contributed by atoms with Crippen molar-refractivity contribution in [2.75, 3.05) is 0 Å². The summed E-state index contributed by atoms with van der Waals surface area (Å²) in [4.78, 5) is 0.352. The summed E-state index contributed by atoms with van der Waals surface area (Å²) in [6.07, 6.45) is 2.27. The van der Waals surface area contributed by atoms with Crippen molar-refractivity contribution in [1.82, 2.24) is 4.72 Å². The highest BCUT2D eigenvalue weighted by Gasteiger charge is 2.31. The zero-order valence-electron chi connectivity index (χ0n) is 9.60. The molecule has 0 radical (unpaired) electrons. The van der Waals surface area contributed by atoms with Crippen molar-refractivity contribution in [2.45, 2.75) is 37.6 Å². The van der Waals surface area contributed by atoms with Crippen LogP contribution in [0.3, 0.4) is 0 Å². The molecule has 16 heavy (non-hydrogen) atoms. The van der Waals surface area contributed by atoms with Gasteiger partial charge in [-0.3, -0.25) is 0 Å². The lowest BCUT2D eigenvalue weighted by molar-refractivity contribution is 0.538. The molecular formula is C12H17NO2S. The van der Waals surface area contributed by atoms with Crippen LogP contribution in [0.2, 0.25) is 0 Å². The second kappa shape index (κ2) is 4.18. The standard InChI is InChI=1S/C12H17NO2S/c1-9-3-7-12(8-4-9)16(14,15)13-10(2)11-5-6-11/h3-4,7-8,10-11,13H,5-6H2,1-2H3. The molecule has 0 saturated heterocycles. The van der Waals surface area contributed by atoms with Crippen molar-refractivity contribution in [3.05, 3.63) is 29.8 Å². The molecule has 0 aromatic heterocycles. The number of hydrogen-bond donors (Lipinski definition) is 1. The quantitative estimate of drug-likeness (QED) is 0.874. The van der Waals surface area contributed by atoms with Gasteiger partial charge in [-0.25, -0.2) is 13.1 Å². The first-order valence-corrected chi connectivity index (χ1v) is 7.06. The Balaban J connectivity index is 2.14. The summed E-state index contributed by atoms with van der Waals surface area (Å²) in [5.41, 5.74) is 1.06. The molecule has 1 fully saturated rings. The number of hydrogen-bond acceptors (Lipinski definition) is 2. The molecule has 1 aliphatic carbocycles. The fourth-order valence-corrected chi connectivity index (χ4v) is 3.04. The van der Waals surface area contributed by atoms with Crippen LogP contribution >= 0.6 is 0 Å². The van der Waals surface area contributed by atoms with E-state index in [9.17, 15) is 8.42 Å². The lowest BCUT2D eigenvalue weighted by Gasteiger charge is -2.13. The molecule has 2 rings (SSSR count). The second-order valence-electron chi connectivity index (χ2n) is 4.56. The molecule has 0 bridgehead atoms. The van der Waals surface area contributed by atoms with E-state index in [1.54, 1.807) is 12.1 Å². The lowest BCUT2D eigenvalue weighted by atomic mass is 10.2. The molecule has 0 heterocycles. The molecule has 1 saturated carbocycles. The highest BCUT2D eigenvalue weighted by atomic mass is 32.2. The molecule has 88 valence electrons. The minimum atomic E-state index is -3.33. The molecule has 0 aliphatic heterocycles. The van der Waals surface area contributed by atoms with Gasteiger partial charge in [0.25, 0.3) is 0 Å². The van der Waals surface area contributed by atoms with Gasteiger partial charge in [0.05, 0.1) is 4.90 Å². The summed E-state index contributed by atoms with van der Waals surface area (Å²) in [7, 11) is -3.33. The van der Waals surface area contributed by atoms with Crippen LogP contribution in [0.15, 0.2) is 29.2 Å². The SMILES string of the molecule is Cc1ccc(S(=O)(=O)NC(C)C2CC2)cc1. The first-order valence-electron chi connectivity index (χ1n) is 5.58. The predicted molar refractivity (Wildman–Crippen MR) is 63.7 cm³/mol. The maximum absolute atomic E-state index is 12.0. The Morgan fingerprint density at radius 1 is 1.25 bits per heavy atom. The minimum Gasteiger partial charge on any atom is -0.208 e. The Hall–Kier alpha value is -0.870. The molecule has 1 unspecified atom stereocenters. The third kappa shape index (κ3) is 2.62. The summed E-state index contributed by atoms with van der Waals surface area (Å²) in [5.74, 6) is 0.528. The monoisotopic (exact) mass is 239 g/mol. The van der Waals surface area contributed by atoms with Gasteiger partial charge < -0.3 is 0 Å². The molecule has 1 aliphatic rings. The molecule has 3 nitrogen and oxygen atoms in total. The van der Waals surface area contributed by atoms with Crippen LogP contribution in [0.1, 0.15) is 25.3 Å². The van der Waals surface area contributed by atoms with E-state index in [2.05, 4.69) is 4.72 Å². The number of sulfonamides is 1. The Morgan fingerprint density at radius 2 is 1.81 bits per heavy atom. The van der Waals surface area contributed by atoms with Crippen LogP contribution < -0.4 is 4.72 Å². The van der Waals surface area contributed by atoms with E-state index in [0.717, 1.165) is 18.4 Å². The van der Waals surface area contributed by atoms with E-state index in [1.807, 2.05) is 26.0 Å². The van der Waals surface area contributed by atoms with Gasteiger partial charge in [0, 0.05) is 6.04 Å². The van der Waals surface area contributed by atoms with Crippen LogP contribution in [0.5, 0.6) is 0 Å². The fourth-order valence-electron chi connectivity index (χ4n) is 1.72. The van der Waals surface area contributed by atoms with Gasteiger partial charge in [-0.2, -0.15) is 0 Å². The minimum absolute atomic E-state index is 0.0475. The molecule has 1 atom stereocenters. The predicted octanol–water partition coefficient (Wildman–Crippen LogP) is 2.07. The maximum Gasteiger partial charge on any atom is 0.240 e. The lowest BCUT2D eigenvalue weighted by Crippen LogP contribution is -2.33. The van der Waals surface area contributed by atoms with Crippen molar-refractivity contribution < 1.29 is 8.42 Å². The third-order valence-corrected chi connectivity index (χ3v) is 4.58. The van der Waals surface area contributed by atoms with Crippen LogP contribution in [0.4, 0.5) is 0 Å². The van der Waals surface area contributed by atoms with Crippen LogP contribution in [-0.4, -0.2) is 14.5 Å². The molecular weight excluding hydrogens is 222 g/mol. The summed E-state index contributed by atoms with van der Waals surface area (Å²) in [6.45, 7) is 3.88. The van der Waals surface area contributed by atoms with Crippen molar-refractivity contribution >= 4 is 10.0 Å². The average molecular weight is 239 g/mol. The molecule has 1 aromatic carbocycles. The van der Waals surface area contributed by atoms with Crippen LogP contribution in [0.25, 0.3) is 0 Å². The van der Waals surface area contributed by atoms with Crippen molar-refractivity contribution in [2.24, 2.45) is 5.92 Å². The third-order valence-electron chi connectivity index (χ3n) is 3.00. The van der Waals surface area contributed by atoms with E-state index in [-0.39, 0.29) is 6.04 Å². The zero-order valence-corrected chi connectivity index (χ0v) is 10.4. The molecule has 1 aromatic rings. The molecule has 1 N–H and O–H groups in total. The second-order valence-corrected chi connectivity index (χ2v) is 6.27. The normalized spacial score (nSPS) is 18.4.